The van der Waals surface area contributed by atoms with Gasteiger partial charge in [-0.2, -0.15) is 0 Å². The number of carbonyl (C=O) groups is 2. The van der Waals surface area contributed by atoms with Crippen molar-refractivity contribution in [3.63, 3.8) is 0 Å². The maximum Gasteiger partial charge on any atom is 0.335 e. The molecular formula is C28H32O7. The van der Waals surface area contributed by atoms with Gasteiger partial charge >= 0.3 is 11.9 Å². The van der Waals surface area contributed by atoms with Gasteiger partial charge in [0.1, 0.15) is 11.5 Å². The van der Waals surface area contributed by atoms with Crippen LogP contribution in [0.2, 0.25) is 0 Å². The maximum atomic E-state index is 11.4. The van der Waals surface area contributed by atoms with Crippen LogP contribution in [0.25, 0.3) is 12.2 Å². The SMILES string of the molecule is C=CC(=O)OCCCOc1ccc(/C=C/c2ccc(OCCCCOC(=O)C(=C)CO)cc2)cc1. The molecule has 0 aliphatic rings. The van der Waals surface area contributed by atoms with E-state index in [1.165, 1.54) is 0 Å². The van der Waals surface area contributed by atoms with E-state index in [0.29, 0.717) is 32.7 Å². The lowest BCUT2D eigenvalue weighted by atomic mass is 10.1. The standard InChI is InChI=1S/C28H32O7/c1-3-27(30)34-20-6-19-33-26-15-11-24(12-16-26)8-7-23-9-13-25(14-10-23)32-17-4-5-18-35-28(31)22(2)21-29/h3,7-16,29H,1-2,4-6,17-21H2/b8-7+. The highest BCUT2D eigenvalue weighted by molar-refractivity contribution is 5.87. The second kappa shape index (κ2) is 15.9. The summed E-state index contributed by atoms with van der Waals surface area (Å²) in [6.07, 6.45) is 7.19. The average molecular weight is 481 g/mol. The second-order valence-electron chi connectivity index (χ2n) is 7.50. The Bertz CT molecular complexity index is 975. The van der Waals surface area contributed by atoms with Crippen LogP contribution in [0.1, 0.15) is 30.4 Å². The highest BCUT2D eigenvalue weighted by Crippen LogP contribution is 2.17. The van der Waals surface area contributed by atoms with Crippen molar-refractivity contribution in [3.05, 3.63) is 84.5 Å². The Morgan fingerprint density at radius 1 is 0.743 bits per heavy atom. The molecule has 2 aromatic rings. The van der Waals surface area contributed by atoms with Crippen LogP contribution in [0.4, 0.5) is 0 Å². The van der Waals surface area contributed by atoms with E-state index in [-0.39, 0.29) is 12.2 Å². The minimum Gasteiger partial charge on any atom is -0.494 e. The highest BCUT2D eigenvalue weighted by Gasteiger charge is 2.06. The Balaban J connectivity index is 1.65. The van der Waals surface area contributed by atoms with Crippen LogP contribution in [-0.4, -0.2) is 50.1 Å². The lowest BCUT2D eigenvalue weighted by molar-refractivity contribution is -0.140. The number of aliphatic hydroxyl groups is 1. The van der Waals surface area contributed by atoms with E-state index in [1.807, 2.05) is 60.7 Å². The molecular weight excluding hydrogens is 448 g/mol. The molecule has 7 nitrogen and oxygen atoms in total. The molecule has 0 aliphatic heterocycles. The van der Waals surface area contributed by atoms with Gasteiger partial charge in [-0.3, -0.25) is 0 Å². The van der Waals surface area contributed by atoms with E-state index in [1.54, 1.807) is 0 Å². The van der Waals surface area contributed by atoms with Crippen molar-refractivity contribution >= 4 is 24.1 Å². The second-order valence-corrected chi connectivity index (χ2v) is 7.50. The average Bonchev–Trinajstić information content (AvgIpc) is 2.89. The fourth-order valence-corrected chi connectivity index (χ4v) is 2.75. The summed E-state index contributed by atoms with van der Waals surface area (Å²) in [6.45, 7) is 7.92. The Morgan fingerprint density at radius 2 is 1.23 bits per heavy atom. The third-order valence-electron chi connectivity index (χ3n) is 4.72. The van der Waals surface area contributed by atoms with E-state index in [2.05, 4.69) is 13.2 Å². The summed E-state index contributed by atoms with van der Waals surface area (Å²) < 4.78 is 21.2. The molecule has 7 heteroatoms. The predicted octanol–water partition coefficient (Wildman–Crippen LogP) is 4.61. The van der Waals surface area contributed by atoms with Gasteiger partial charge in [0.05, 0.1) is 38.6 Å². The summed E-state index contributed by atoms with van der Waals surface area (Å²) in [5.74, 6) is 0.533. The zero-order chi connectivity index (χ0) is 25.3. The third-order valence-corrected chi connectivity index (χ3v) is 4.72. The number of unbranched alkanes of at least 4 members (excludes halogenated alkanes) is 1. The van der Waals surface area contributed by atoms with Gasteiger partial charge in [0, 0.05) is 12.5 Å². The fraction of sp³-hybridized carbons (Fsp3) is 0.286. The lowest BCUT2D eigenvalue weighted by Gasteiger charge is -2.07. The van der Waals surface area contributed by atoms with Gasteiger partial charge in [-0.25, -0.2) is 9.59 Å². The lowest BCUT2D eigenvalue weighted by Crippen LogP contribution is -2.11. The van der Waals surface area contributed by atoms with Gasteiger partial charge in [0.25, 0.3) is 0 Å². The van der Waals surface area contributed by atoms with E-state index in [0.717, 1.165) is 35.1 Å². The number of esters is 2. The normalized spacial score (nSPS) is 10.5. The van der Waals surface area contributed by atoms with Crippen LogP contribution in [0.15, 0.2) is 73.3 Å². The third kappa shape index (κ3) is 11.2. The molecule has 0 saturated carbocycles. The molecule has 0 aromatic heterocycles. The minimum absolute atomic E-state index is 0.0545. The highest BCUT2D eigenvalue weighted by atomic mass is 16.5. The van der Waals surface area contributed by atoms with Gasteiger partial charge < -0.3 is 24.1 Å². The van der Waals surface area contributed by atoms with Crippen LogP contribution in [0, 0.1) is 0 Å². The summed E-state index contributed by atoms with van der Waals surface area (Å²) in [5, 5.41) is 8.81. The molecule has 2 rings (SSSR count). The smallest absolute Gasteiger partial charge is 0.335 e. The molecule has 0 saturated heterocycles. The summed E-state index contributed by atoms with van der Waals surface area (Å²) in [4.78, 5) is 22.3. The number of aliphatic hydroxyl groups excluding tert-OH is 1. The van der Waals surface area contributed by atoms with Gasteiger partial charge in [-0.15, -0.1) is 0 Å². The van der Waals surface area contributed by atoms with Crippen molar-refractivity contribution in [2.24, 2.45) is 0 Å². The first-order chi connectivity index (χ1) is 17.0. The molecule has 0 fully saturated rings. The Labute approximate surface area is 206 Å². The van der Waals surface area contributed by atoms with Crippen molar-refractivity contribution in [2.75, 3.05) is 33.0 Å². The first-order valence-electron chi connectivity index (χ1n) is 11.4. The van der Waals surface area contributed by atoms with Crippen LogP contribution < -0.4 is 9.47 Å². The van der Waals surface area contributed by atoms with Crippen molar-refractivity contribution in [1.82, 2.24) is 0 Å². The largest absolute Gasteiger partial charge is 0.494 e. The van der Waals surface area contributed by atoms with Gasteiger partial charge in [0.2, 0.25) is 0 Å². The number of hydrogen-bond acceptors (Lipinski definition) is 7. The number of carbonyl (C=O) groups excluding carboxylic acids is 2. The Morgan fingerprint density at radius 3 is 1.74 bits per heavy atom. The zero-order valence-corrected chi connectivity index (χ0v) is 19.8. The molecule has 0 unspecified atom stereocenters. The Kier molecular flexibility index (Phi) is 12.5. The molecule has 1 N–H and O–H groups in total. The van der Waals surface area contributed by atoms with E-state index in [4.69, 9.17) is 24.1 Å². The van der Waals surface area contributed by atoms with Crippen LogP contribution in [0.5, 0.6) is 11.5 Å². The zero-order valence-electron chi connectivity index (χ0n) is 19.8. The first kappa shape index (κ1) is 27.4. The monoisotopic (exact) mass is 480 g/mol. The number of benzene rings is 2. The summed E-state index contributed by atoms with van der Waals surface area (Å²) in [5.41, 5.74) is 2.14. The van der Waals surface area contributed by atoms with Gasteiger partial charge in [-0.1, -0.05) is 49.6 Å². The van der Waals surface area contributed by atoms with Crippen molar-refractivity contribution < 1.29 is 33.6 Å². The number of rotatable bonds is 16. The fourth-order valence-electron chi connectivity index (χ4n) is 2.75. The van der Waals surface area contributed by atoms with Gasteiger partial charge in [-0.05, 0) is 48.2 Å². The molecule has 0 aliphatic carbocycles. The molecule has 0 bridgehead atoms. The first-order valence-corrected chi connectivity index (χ1v) is 11.4. The predicted molar refractivity (Wildman–Crippen MR) is 135 cm³/mol. The molecule has 0 amide bonds. The Hall–Kier alpha value is -3.84. The number of ether oxygens (including phenoxy) is 4. The quantitative estimate of drug-likeness (QED) is 0.162. The van der Waals surface area contributed by atoms with Crippen molar-refractivity contribution in [2.45, 2.75) is 19.3 Å². The summed E-state index contributed by atoms with van der Waals surface area (Å²) in [7, 11) is 0. The molecule has 35 heavy (non-hydrogen) atoms. The maximum absolute atomic E-state index is 11.4. The van der Waals surface area contributed by atoms with Gasteiger partial charge in [0.15, 0.2) is 0 Å². The molecule has 0 atom stereocenters. The molecule has 2 aromatic carbocycles. The van der Waals surface area contributed by atoms with Crippen molar-refractivity contribution in [1.29, 1.82) is 0 Å². The summed E-state index contributed by atoms with van der Waals surface area (Å²) >= 11 is 0. The minimum atomic E-state index is -0.568. The van der Waals surface area contributed by atoms with Crippen LogP contribution >= 0.6 is 0 Å². The van der Waals surface area contributed by atoms with E-state index in [9.17, 15) is 9.59 Å². The van der Waals surface area contributed by atoms with Crippen LogP contribution in [0.3, 0.4) is 0 Å². The molecule has 186 valence electrons. The molecule has 0 spiro atoms. The van der Waals surface area contributed by atoms with E-state index >= 15 is 0 Å². The molecule has 0 radical (unpaired) electrons. The topological polar surface area (TPSA) is 91.3 Å². The van der Waals surface area contributed by atoms with Crippen LogP contribution in [-0.2, 0) is 19.1 Å². The molecule has 0 heterocycles. The van der Waals surface area contributed by atoms with Crippen molar-refractivity contribution in [3.8, 4) is 11.5 Å². The summed E-state index contributed by atoms with van der Waals surface area (Å²) in [6, 6.07) is 15.5. The van der Waals surface area contributed by atoms with E-state index < -0.39 is 18.5 Å². The number of hydrogen-bond donors (Lipinski definition) is 1.